The number of hydrogen-bond acceptors (Lipinski definition) is 4. The highest BCUT2D eigenvalue weighted by atomic mass is 16.5. The molecule has 2 saturated heterocycles. The maximum atomic E-state index is 5.71. The summed E-state index contributed by atoms with van der Waals surface area (Å²) in [7, 11) is 1.72. The van der Waals surface area contributed by atoms with Gasteiger partial charge >= 0.3 is 0 Å². The van der Waals surface area contributed by atoms with Crippen LogP contribution in [0.5, 0.6) is 0 Å². The molecule has 0 aromatic carbocycles. The molecule has 6 nitrogen and oxygen atoms in total. The molecule has 0 radical (unpaired) electrons. The number of guanidine groups is 1. The predicted molar refractivity (Wildman–Crippen MR) is 112 cm³/mol. The number of unbranched alkanes of at least 4 members (excludes halogenated alkanes) is 1. The van der Waals surface area contributed by atoms with Crippen LogP contribution in [0.3, 0.4) is 0 Å². The molecule has 0 aliphatic carbocycles. The fourth-order valence-corrected chi connectivity index (χ4v) is 4.10. The van der Waals surface area contributed by atoms with Crippen LogP contribution in [0.25, 0.3) is 0 Å². The first kappa shape index (κ1) is 22.4. The van der Waals surface area contributed by atoms with Crippen LogP contribution in [-0.4, -0.2) is 88.5 Å². The monoisotopic (exact) mass is 382 g/mol. The Labute approximate surface area is 166 Å². The molecule has 2 rings (SSSR count). The number of likely N-dealkylation sites (tertiary alicyclic amines) is 2. The number of rotatable bonds is 11. The van der Waals surface area contributed by atoms with Crippen LogP contribution in [0.15, 0.2) is 4.99 Å². The molecule has 2 unspecified atom stereocenters. The lowest BCUT2D eigenvalue weighted by molar-refractivity contribution is 0.0536. The quantitative estimate of drug-likeness (QED) is 0.338. The first-order valence-corrected chi connectivity index (χ1v) is 11.0. The Bertz CT molecular complexity index is 419. The lowest BCUT2D eigenvalue weighted by Gasteiger charge is -2.30. The molecule has 6 heteroatoms. The van der Waals surface area contributed by atoms with Crippen molar-refractivity contribution in [1.29, 1.82) is 0 Å². The number of nitrogens with one attached hydrogen (secondary N) is 1. The van der Waals surface area contributed by atoms with Gasteiger partial charge in [-0.1, -0.05) is 6.92 Å². The van der Waals surface area contributed by atoms with Crippen molar-refractivity contribution in [3.8, 4) is 0 Å². The molecule has 2 heterocycles. The molecule has 2 atom stereocenters. The Morgan fingerprint density at radius 2 is 2.04 bits per heavy atom. The minimum atomic E-state index is 0.604. The summed E-state index contributed by atoms with van der Waals surface area (Å²) in [4.78, 5) is 9.93. The van der Waals surface area contributed by atoms with Gasteiger partial charge in [0.25, 0.3) is 0 Å². The molecule has 27 heavy (non-hydrogen) atoms. The number of ether oxygens (including phenoxy) is 2. The van der Waals surface area contributed by atoms with Gasteiger partial charge in [0.1, 0.15) is 0 Å². The van der Waals surface area contributed by atoms with Crippen molar-refractivity contribution in [2.45, 2.75) is 46.0 Å². The molecule has 2 fully saturated rings. The lowest BCUT2D eigenvalue weighted by atomic mass is 10.0. The summed E-state index contributed by atoms with van der Waals surface area (Å²) in [6, 6.07) is 0. The SMILES string of the molecule is CCNC(=NCCCCN1CCCC(C)C1)N1CCC(COCCOC)C1. The number of methoxy groups -OCH3 is 1. The average Bonchev–Trinajstić information content (AvgIpc) is 3.13. The Balaban J connectivity index is 1.64. The molecule has 0 aromatic rings. The molecule has 2 aliphatic heterocycles. The molecule has 0 bridgehead atoms. The van der Waals surface area contributed by atoms with E-state index in [4.69, 9.17) is 14.5 Å². The van der Waals surface area contributed by atoms with Crippen molar-refractivity contribution in [2.24, 2.45) is 16.8 Å². The molecular formula is C21H42N4O2. The van der Waals surface area contributed by atoms with E-state index in [0.717, 1.165) is 44.7 Å². The minimum Gasteiger partial charge on any atom is -0.382 e. The summed E-state index contributed by atoms with van der Waals surface area (Å²) in [5, 5.41) is 3.47. The first-order chi connectivity index (χ1) is 13.2. The van der Waals surface area contributed by atoms with Crippen molar-refractivity contribution < 1.29 is 9.47 Å². The molecule has 0 saturated carbocycles. The topological polar surface area (TPSA) is 49.3 Å². The van der Waals surface area contributed by atoms with Gasteiger partial charge in [-0.3, -0.25) is 4.99 Å². The molecule has 0 spiro atoms. The van der Waals surface area contributed by atoms with E-state index in [0.29, 0.717) is 19.1 Å². The minimum absolute atomic E-state index is 0.604. The van der Waals surface area contributed by atoms with Gasteiger partial charge in [-0.15, -0.1) is 0 Å². The summed E-state index contributed by atoms with van der Waals surface area (Å²) >= 11 is 0. The number of aliphatic imine (C=N–C) groups is 1. The van der Waals surface area contributed by atoms with Gasteiger partial charge in [-0.25, -0.2) is 0 Å². The molecule has 0 amide bonds. The van der Waals surface area contributed by atoms with Gasteiger partial charge in [-0.05, 0) is 58.0 Å². The van der Waals surface area contributed by atoms with Crippen LogP contribution in [-0.2, 0) is 9.47 Å². The van der Waals surface area contributed by atoms with E-state index in [2.05, 4.69) is 29.0 Å². The van der Waals surface area contributed by atoms with Crippen LogP contribution >= 0.6 is 0 Å². The Kier molecular flexibility index (Phi) is 11.1. The van der Waals surface area contributed by atoms with Gasteiger partial charge in [0, 0.05) is 45.8 Å². The number of nitrogens with zero attached hydrogens (tertiary/aromatic N) is 3. The fraction of sp³-hybridized carbons (Fsp3) is 0.952. The molecule has 1 N–H and O–H groups in total. The third-order valence-corrected chi connectivity index (χ3v) is 5.59. The normalized spacial score (nSPS) is 24.6. The van der Waals surface area contributed by atoms with Gasteiger partial charge in [0.05, 0.1) is 19.8 Å². The van der Waals surface area contributed by atoms with Crippen LogP contribution in [0.4, 0.5) is 0 Å². The second kappa shape index (κ2) is 13.3. The van der Waals surface area contributed by atoms with Crippen LogP contribution in [0.1, 0.15) is 46.0 Å². The number of hydrogen-bond donors (Lipinski definition) is 1. The fourth-order valence-electron chi connectivity index (χ4n) is 4.10. The standard InChI is InChI=1S/C21H42N4O2/c1-4-22-21(25-13-9-20(17-25)18-27-15-14-26-3)23-10-5-6-11-24-12-7-8-19(2)16-24/h19-20H,4-18H2,1-3H3,(H,22,23). The molecule has 0 aromatic heterocycles. The first-order valence-electron chi connectivity index (χ1n) is 11.0. The van der Waals surface area contributed by atoms with E-state index in [-0.39, 0.29) is 0 Å². The van der Waals surface area contributed by atoms with E-state index in [1.54, 1.807) is 7.11 Å². The molecule has 2 aliphatic rings. The van der Waals surface area contributed by atoms with Gasteiger partial charge in [0.15, 0.2) is 5.96 Å². The smallest absolute Gasteiger partial charge is 0.193 e. The zero-order chi connectivity index (χ0) is 19.3. The second-order valence-electron chi connectivity index (χ2n) is 8.16. The van der Waals surface area contributed by atoms with Crippen molar-refractivity contribution in [2.75, 3.05) is 72.7 Å². The maximum Gasteiger partial charge on any atom is 0.193 e. The third kappa shape index (κ3) is 8.79. The Hall–Kier alpha value is -0.850. The van der Waals surface area contributed by atoms with Gasteiger partial charge in [0.2, 0.25) is 0 Å². The highest BCUT2D eigenvalue weighted by Gasteiger charge is 2.24. The summed E-state index contributed by atoms with van der Waals surface area (Å²) in [6.45, 7) is 14.5. The molecule has 158 valence electrons. The highest BCUT2D eigenvalue weighted by Crippen LogP contribution is 2.17. The van der Waals surface area contributed by atoms with E-state index >= 15 is 0 Å². The van der Waals surface area contributed by atoms with Crippen molar-refractivity contribution in [3.63, 3.8) is 0 Å². The largest absolute Gasteiger partial charge is 0.382 e. The Morgan fingerprint density at radius 1 is 1.15 bits per heavy atom. The molecular weight excluding hydrogens is 340 g/mol. The van der Waals surface area contributed by atoms with Crippen LogP contribution in [0.2, 0.25) is 0 Å². The summed E-state index contributed by atoms with van der Waals surface area (Å²) in [6.07, 6.45) is 6.39. The van der Waals surface area contributed by atoms with E-state index in [9.17, 15) is 0 Å². The van der Waals surface area contributed by atoms with E-state index in [1.807, 2.05) is 0 Å². The van der Waals surface area contributed by atoms with Gasteiger partial charge < -0.3 is 24.6 Å². The highest BCUT2D eigenvalue weighted by molar-refractivity contribution is 5.80. The van der Waals surface area contributed by atoms with Crippen LogP contribution in [0, 0.1) is 11.8 Å². The van der Waals surface area contributed by atoms with E-state index in [1.165, 1.54) is 51.7 Å². The predicted octanol–water partition coefficient (Wildman–Crippen LogP) is 2.45. The zero-order valence-corrected chi connectivity index (χ0v) is 17.9. The maximum absolute atomic E-state index is 5.71. The Morgan fingerprint density at radius 3 is 2.81 bits per heavy atom. The van der Waals surface area contributed by atoms with Crippen molar-refractivity contribution in [3.05, 3.63) is 0 Å². The lowest BCUT2D eigenvalue weighted by Crippen LogP contribution is -2.40. The summed E-state index contributed by atoms with van der Waals surface area (Å²) in [5.74, 6) is 2.56. The van der Waals surface area contributed by atoms with Gasteiger partial charge in [-0.2, -0.15) is 0 Å². The van der Waals surface area contributed by atoms with Crippen molar-refractivity contribution in [1.82, 2.24) is 15.1 Å². The number of piperidine rings is 1. The summed E-state index contributed by atoms with van der Waals surface area (Å²) < 4.78 is 10.7. The van der Waals surface area contributed by atoms with Crippen LogP contribution < -0.4 is 5.32 Å². The zero-order valence-electron chi connectivity index (χ0n) is 17.9. The summed E-state index contributed by atoms with van der Waals surface area (Å²) in [5.41, 5.74) is 0. The second-order valence-corrected chi connectivity index (χ2v) is 8.16. The van der Waals surface area contributed by atoms with Crippen molar-refractivity contribution >= 4 is 5.96 Å². The third-order valence-electron chi connectivity index (χ3n) is 5.59. The average molecular weight is 383 g/mol. The van der Waals surface area contributed by atoms with E-state index < -0.39 is 0 Å².